The highest BCUT2D eigenvalue weighted by Gasteiger charge is 2.44. The van der Waals surface area contributed by atoms with E-state index in [-0.39, 0.29) is 17.6 Å². The Morgan fingerprint density at radius 3 is 2.96 bits per heavy atom. The van der Waals surface area contributed by atoms with Crippen molar-refractivity contribution in [2.24, 2.45) is 17.3 Å². The fourth-order valence-corrected chi connectivity index (χ4v) is 4.60. The first kappa shape index (κ1) is 16.4. The Balaban J connectivity index is 1.50. The van der Waals surface area contributed by atoms with Crippen molar-refractivity contribution in [1.29, 1.82) is 0 Å². The lowest BCUT2D eigenvalue weighted by Gasteiger charge is -2.48. The maximum Gasteiger partial charge on any atom is 0.420 e. The first-order valence-electron chi connectivity index (χ1n) is 9.31. The largest absolute Gasteiger partial charge is 0.445 e. The predicted octanol–water partition coefficient (Wildman–Crippen LogP) is 5.18. The van der Waals surface area contributed by atoms with Crippen LogP contribution in [-0.4, -0.2) is 21.7 Å². The summed E-state index contributed by atoms with van der Waals surface area (Å²) in [5.41, 5.74) is 3.36. The number of hydrogen-bond donors (Lipinski definition) is 0. The summed E-state index contributed by atoms with van der Waals surface area (Å²) in [4.78, 5) is 16.9. The highest BCUT2D eigenvalue weighted by Crippen LogP contribution is 2.52. The molecular weight excluding hydrogens is 312 g/mol. The number of allylic oxidation sites excluding steroid dienone is 1. The molecule has 0 N–H and O–H groups in total. The third kappa shape index (κ3) is 2.68. The van der Waals surface area contributed by atoms with E-state index in [9.17, 15) is 4.79 Å². The number of aromatic nitrogens is 2. The Labute approximate surface area is 148 Å². The zero-order valence-electron chi connectivity index (χ0n) is 15.2. The normalized spacial score (nSPS) is 32.1. The molecule has 2 unspecified atom stereocenters. The number of ether oxygens (including phenoxy) is 1. The van der Waals surface area contributed by atoms with Crippen LogP contribution in [0, 0.1) is 17.3 Å². The molecule has 2 aliphatic carbocycles. The van der Waals surface area contributed by atoms with Gasteiger partial charge < -0.3 is 4.74 Å². The monoisotopic (exact) mass is 338 g/mol. The number of carbonyl (C=O) groups excluding carboxylic acids is 1. The maximum atomic E-state index is 12.6. The minimum Gasteiger partial charge on any atom is -0.445 e. The maximum absolute atomic E-state index is 12.6. The van der Waals surface area contributed by atoms with Crippen molar-refractivity contribution in [1.82, 2.24) is 9.55 Å². The van der Waals surface area contributed by atoms with Gasteiger partial charge in [-0.15, -0.1) is 0 Å². The topological polar surface area (TPSA) is 44.1 Å². The van der Waals surface area contributed by atoms with Gasteiger partial charge in [0.1, 0.15) is 12.4 Å². The zero-order valence-corrected chi connectivity index (χ0v) is 15.2. The van der Waals surface area contributed by atoms with Crippen molar-refractivity contribution in [2.45, 2.75) is 52.6 Å². The molecule has 2 aliphatic rings. The molecule has 1 heterocycles. The Bertz CT molecular complexity index is 837. The van der Waals surface area contributed by atoms with Gasteiger partial charge in [0, 0.05) is 6.42 Å². The van der Waals surface area contributed by atoms with Crippen molar-refractivity contribution in [2.75, 3.05) is 0 Å². The summed E-state index contributed by atoms with van der Waals surface area (Å²) in [5, 5.41) is 0. The van der Waals surface area contributed by atoms with Gasteiger partial charge >= 0.3 is 6.09 Å². The second-order valence-corrected chi connectivity index (χ2v) is 8.00. The fourth-order valence-electron chi connectivity index (χ4n) is 4.60. The van der Waals surface area contributed by atoms with Gasteiger partial charge in [0.2, 0.25) is 0 Å². The molecule has 2 aromatic rings. The molecule has 1 saturated carbocycles. The Hall–Kier alpha value is -2.10. The minimum atomic E-state index is -0.319. The van der Waals surface area contributed by atoms with Crippen LogP contribution in [0.2, 0.25) is 0 Å². The summed E-state index contributed by atoms with van der Waals surface area (Å²) in [7, 11) is 0. The van der Waals surface area contributed by atoms with Gasteiger partial charge in [-0.3, -0.25) is 0 Å². The first-order chi connectivity index (χ1) is 12.0. The van der Waals surface area contributed by atoms with E-state index < -0.39 is 0 Å². The Kier molecular flexibility index (Phi) is 3.94. The summed E-state index contributed by atoms with van der Waals surface area (Å²) in [6, 6.07) is 7.63. The van der Waals surface area contributed by atoms with E-state index in [2.05, 4.69) is 31.8 Å². The van der Waals surface area contributed by atoms with Crippen molar-refractivity contribution in [3.63, 3.8) is 0 Å². The lowest BCUT2D eigenvalue weighted by atomic mass is 9.57. The Morgan fingerprint density at radius 1 is 1.32 bits per heavy atom. The Morgan fingerprint density at radius 2 is 2.12 bits per heavy atom. The second kappa shape index (κ2) is 6.01. The summed E-state index contributed by atoms with van der Waals surface area (Å²) >= 11 is 0. The molecule has 1 aromatic carbocycles. The van der Waals surface area contributed by atoms with E-state index in [0.29, 0.717) is 5.92 Å². The average molecular weight is 338 g/mol. The molecule has 1 fully saturated rings. The average Bonchev–Trinajstić information content (AvgIpc) is 3.04. The molecule has 25 heavy (non-hydrogen) atoms. The van der Waals surface area contributed by atoms with Gasteiger partial charge in [-0.1, -0.05) is 44.6 Å². The highest BCUT2D eigenvalue weighted by atomic mass is 16.6. The van der Waals surface area contributed by atoms with Crippen molar-refractivity contribution >= 4 is 17.1 Å². The number of para-hydroxylation sites is 2. The second-order valence-electron chi connectivity index (χ2n) is 8.00. The predicted molar refractivity (Wildman–Crippen MR) is 98.4 cm³/mol. The van der Waals surface area contributed by atoms with Gasteiger partial charge in [-0.25, -0.2) is 14.3 Å². The zero-order chi connectivity index (χ0) is 17.6. The summed E-state index contributed by atoms with van der Waals surface area (Å²) < 4.78 is 7.36. The number of benzene rings is 1. The quantitative estimate of drug-likeness (QED) is 0.673. The third-order valence-electron chi connectivity index (χ3n) is 6.68. The van der Waals surface area contributed by atoms with Crippen LogP contribution in [0.3, 0.4) is 0 Å². The van der Waals surface area contributed by atoms with E-state index in [1.807, 2.05) is 24.3 Å². The van der Waals surface area contributed by atoms with Crippen LogP contribution in [-0.2, 0) is 4.74 Å². The number of nitrogens with zero attached hydrogens (tertiary/aromatic N) is 2. The van der Waals surface area contributed by atoms with Gasteiger partial charge in [-0.05, 0) is 48.6 Å². The smallest absolute Gasteiger partial charge is 0.420 e. The lowest BCUT2D eigenvalue weighted by molar-refractivity contribution is 0.0429. The molecule has 0 spiro atoms. The van der Waals surface area contributed by atoms with Gasteiger partial charge in [0.25, 0.3) is 0 Å². The molecule has 132 valence electrons. The van der Waals surface area contributed by atoms with Gasteiger partial charge in [-0.2, -0.15) is 0 Å². The molecule has 1 aromatic heterocycles. The lowest BCUT2D eigenvalue weighted by Crippen LogP contribution is -2.41. The molecule has 0 bridgehead atoms. The molecule has 4 rings (SSSR count). The summed E-state index contributed by atoms with van der Waals surface area (Å²) in [6.45, 7) is 7.11. The molecule has 4 atom stereocenters. The molecule has 0 radical (unpaired) electrons. The van der Waals surface area contributed by atoms with E-state index in [1.54, 1.807) is 6.33 Å². The van der Waals surface area contributed by atoms with Crippen molar-refractivity contribution in [3.8, 4) is 0 Å². The van der Waals surface area contributed by atoms with Crippen LogP contribution in [0.15, 0.2) is 42.2 Å². The van der Waals surface area contributed by atoms with E-state index >= 15 is 0 Å². The van der Waals surface area contributed by atoms with Crippen LogP contribution in [0.1, 0.15) is 46.5 Å². The summed E-state index contributed by atoms with van der Waals surface area (Å²) in [6.07, 6.45) is 7.63. The van der Waals surface area contributed by atoms with E-state index in [0.717, 1.165) is 42.6 Å². The number of imidazole rings is 1. The van der Waals surface area contributed by atoms with Crippen LogP contribution in [0.5, 0.6) is 0 Å². The summed E-state index contributed by atoms with van der Waals surface area (Å²) in [5.74, 6) is 1.41. The number of hydrogen-bond acceptors (Lipinski definition) is 3. The van der Waals surface area contributed by atoms with Crippen molar-refractivity contribution < 1.29 is 9.53 Å². The molecule has 0 amide bonds. The number of fused-ring (bicyclic) bond motifs is 2. The van der Waals surface area contributed by atoms with Crippen LogP contribution < -0.4 is 0 Å². The van der Waals surface area contributed by atoms with Gasteiger partial charge in [0.15, 0.2) is 0 Å². The van der Waals surface area contributed by atoms with Gasteiger partial charge in [0.05, 0.1) is 11.0 Å². The minimum absolute atomic E-state index is 0.0337. The SMILES string of the molecule is CC1CC=C2C[C@@H](OC(=O)n3cnc4ccccc43)CC[C@]2(C)C1C. The van der Waals surface area contributed by atoms with Crippen LogP contribution in [0.4, 0.5) is 4.79 Å². The number of rotatable bonds is 1. The third-order valence-corrected chi connectivity index (χ3v) is 6.68. The van der Waals surface area contributed by atoms with E-state index in [1.165, 1.54) is 10.1 Å². The van der Waals surface area contributed by atoms with E-state index in [4.69, 9.17) is 4.74 Å². The number of carbonyl (C=O) groups is 1. The van der Waals surface area contributed by atoms with Crippen LogP contribution >= 0.6 is 0 Å². The standard InChI is InChI=1S/C21H26N2O2/c1-14-8-9-16-12-17(10-11-21(16,3)15(14)2)25-20(24)23-13-22-18-6-4-5-7-19(18)23/h4-7,9,13-15,17H,8,10-12H2,1-3H3/t14?,15?,17-,21+/m0/s1. The molecule has 4 heteroatoms. The molecular formula is C21H26N2O2. The molecule has 0 saturated heterocycles. The fraction of sp³-hybridized carbons (Fsp3) is 0.524. The molecule has 4 nitrogen and oxygen atoms in total. The molecule has 0 aliphatic heterocycles. The van der Waals surface area contributed by atoms with Crippen LogP contribution in [0.25, 0.3) is 11.0 Å². The first-order valence-corrected chi connectivity index (χ1v) is 9.31. The van der Waals surface area contributed by atoms with Crippen molar-refractivity contribution in [3.05, 3.63) is 42.2 Å². The highest BCUT2D eigenvalue weighted by molar-refractivity contribution is 5.86.